The summed E-state index contributed by atoms with van der Waals surface area (Å²) in [6, 6.07) is 0.345. The fraction of sp³-hybridized carbons (Fsp3) is 0.789. The van der Waals surface area contributed by atoms with Gasteiger partial charge >= 0.3 is 0 Å². The molecular formula is C19H35N5O. The maximum Gasteiger partial charge on any atom is 0.193 e. The zero-order valence-electron chi connectivity index (χ0n) is 17.3. The lowest BCUT2D eigenvalue weighted by molar-refractivity contribution is -0.176. The van der Waals surface area contributed by atoms with Gasteiger partial charge in [-0.1, -0.05) is 27.7 Å². The second-order valence-electron chi connectivity index (χ2n) is 8.33. The van der Waals surface area contributed by atoms with Crippen molar-refractivity contribution in [1.82, 2.24) is 20.0 Å². The second kappa shape index (κ2) is 6.98. The van der Waals surface area contributed by atoms with Crippen molar-refractivity contribution in [3.8, 4) is 0 Å². The highest BCUT2D eigenvalue weighted by molar-refractivity contribution is 5.80. The van der Waals surface area contributed by atoms with Crippen LogP contribution in [-0.4, -0.2) is 53.5 Å². The zero-order valence-corrected chi connectivity index (χ0v) is 17.3. The number of rotatable bonds is 5. The molecule has 2 unspecified atom stereocenters. The van der Waals surface area contributed by atoms with Gasteiger partial charge in [-0.2, -0.15) is 5.10 Å². The van der Waals surface area contributed by atoms with E-state index in [4.69, 9.17) is 4.74 Å². The van der Waals surface area contributed by atoms with Gasteiger partial charge in [0.2, 0.25) is 0 Å². The molecule has 142 valence electrons. The first-order valence-corrected chi connectivity index (χ1v) is 9.07. The third-order valence-electron chi connectivity index (χ3n) is 6.05. The highest BCUT2D eigenvalue weighted by Crippen LogP contribution is 2.51. The Hall–Kier alpha value is -1.56. The Labute approximate surface area is 152 Å². The van der Waals surface area contributed by atoms with Crippen LogP contribution >= 0.6 is 0 Å². The highest BCUT2D eigenvalue weighted by atomic mass is 16.5. The molecule has 0 spiro atoms. The summed E-state index contributed by atoms with van der Waals surface area (Å²) >= 11 is 0. The van der Waals surface area contributed by atoms with Crippen LogP contribution in [0.25, 0.3) is 0 Å². The van der Waals surface area contributed by atoms with Gasteiger partial charge in [0, 0.05) is 58.0 Å². The van der Waals surface area contributed by atoms with Crippen molar-refractivity contribution >= 4 is 5.96 Å². The molecular weight excluding hydrogens is 314 g/mol. The van der Waals surface area contributed by atoms with E-state index in [2.05, 4.69) is 68.2 Å². The molecule has 0 aromatic carbocycles. The minimum Gasteiger partial charge on any atom is -0.378 e. The molecule has 0 saturated heterocycles. The zero-order chi connectivity index (χ0) is 19.0. The first kappa shape index (κ1) is 19.8. The van der Waals surface area contributed by atoms with Gasteiger partial charge in [0.05, 0.1) is 11.3 Å². The molecule has 1 aromatic rings. The minimum absolute atomic E-state index is 0.0515. The van der Waals surface area contributed by atoms with Crippen LogP contribution in [0.1, 0.15) is 58.2 Å². The maximum absolute atomic E-state index is 5.73. The number of aryl methyl sites for hydroxylation is 1. The quantitative estimate of drug-likeness (QED) is 0.656. The molecule has 1 fully saturated rings. The van der Waals surface area contributed by atoms with Crippen molar-refractivity contribution in [3.63, 3.8) is 0 Å². The Morgan fingerprint density at radius 1 is 1.48 bits per heavy atom. The smallest absolute Gasteiger partial charge is 0.193 e. The summed E-state index contributed by atoms with van der Waals surface area (Å²) in [6.45, 7) is 11.8. The predicted octanol–water partition coefficient (Wildman–Crippen LogP) is 2.75. The van der Waals surface area contributed by atoms with Crippen molar-refractivity contribution < 1.29 is 4.74 Å². The van der Waals surface area contributed by atoms with Crippen LogP contribution in [0.2, 0.25) is 0 Å². The number of ether oxygens (including phenoxy) is 1. The SMILES string of the molecule is CN=C(NC1CC(C)(OC)C1(C)C)N(C)Cc1cn(C)nc1C(C)C. The summed E-state index contributed by atoms with van der Waals surface area (Å²) in [4.78, 5) is 6.66. The Morgan fingerprint density at radius 2 is 2.12 bits per heavy atom. The van der Waals surface area contributed by atoms with Crippen LogP contribution < -0.4 is 5.32 Å². The van der Waals surface area contributed by atoms with Gasteiger partial charge in [-0.25, -0.2) is 0 Å². The molecule has 0 radical (unpaired) electrons. The number of guanidine groups is 1. The lowest BCUT2D eigenvalue weighted by Gasteiger charge is -2.59. The monoisotopic (exact) mass is 349 g/mol. The molecule has 1 heterocycles. The van der Waals surface area contributed by atoms with Crippen molar-refractivity contribution in [1.29, 1.82) is 0 Å². The fourth-order valence-electron chi connectivity index (χ4n) is 3.72. The molecule has 6 nitrogen and oxygen atoms in total. The number of nitrogens with zero attached hydrogens (tertiary/aromatic N) is 4. The van der Waals surface area contributed by atoms with Gasteiger partial charge < -0.3 is 15.0 Å². The van der Waals surface area contributed by atoms with Gasteiger partial charge in [0.1, 0.15) is 0 Å². The van der Waals surface area contributed by atoms with Gasteiger partial charge in [0.25, 0.3) is 0 Å². The lowest BCUT2D eigenvalue weighted by Crippen LogP contribution is -2.69. The van der Waals surface area contributed by atoms with Gasteiger partial charge in [0.15, 0.2) is 5.96 Å². The number of hydrogen-bond acceptors (Lipinski definition) is 3. The summed E-state index contributed by atoms with van der Waals surface area (Å²) in [6.07, 6.45) is 3.09. The minimum atomic E-state index is -0.0871. The highest BCUT2D eigenvalue weighted by Gasteiger charge is 2.58. The molecule has 2 rings (SSSR count). The van der Waals surface area contributed by atoms with E-state index >= 15 is 0 Å². The third-order valence-corrected chi connectivity index (χ3v) is 6.05. The average molecular weight is 350 g/mol. The molecule has 1 aliphatic rings. The molecule has 0 amide bonds. The lowest BCUT2D eigenvalue weighted by atomic mass is 9.56. The molecule has 2 atom stereocenters. The molecule has 1 aromatic heterocycles. The van der Waals surface area contributed by atoms with Crippen molar-refractivity contribution in [2.24, 2.45) is 17.5 Å². The van der Waals surface area contributed by atoms with E-state index in [0.717, 1.165) is 24.6 Å². The van der Waals surface area contributed by atoms with E-state index in [1.54, 1.807) is 7.11 Å². The first-order valence-electron chi connectivity index (χ1n) is 9.07. The van der Waals surface area contributed by atoms with Crippen LogP contribution in [0.4, 0.5) is 0 Å². The third kappa shape index (κ3) is 3.54. The number of nitrogens with one attached hydrogen (secondary N) is 1. The Kier molecular flexibility index (Phi) is 5.52. The largest absolute Gasteiger partial charge is 0.378 e. The summed E-state index contributed by atoms with van der Waals surface area (Å²) in [5, 5.41) is 8.23. The van der Waals surface area contributed by atoms with Crippen LogP contribution in [0.15, 0.2) is 11.2 Å². The molecule has 0 bridgehead atoms. The normalized spacial score (nSPS) is 25.8. The van der Waals surface area contributed by atoms with Gasteiger partial charge in [-0.3, -0.25) is 9.67 Å². The van der Waals surface area contributed by atoms with Crippen LogP contribution in [0.5, 0.6) is 0 Å². The van der Waals surface area contributed by atoms with E-state index in [9.17, 15) is 0 Å². The average Bonchev–Trinajstić information content (AvgIpc) is 2.91. The Balaban J connectivity index is 2.07. The van der Waals surface area contributed by atoms with Gasteiger partial charge in [-0.15, -0.1) is 0 Å². The van der Waals surface area contributed by atoms with E-state index in [0.29, 0.717) is 12.0 Å². The summed E-state index contributed by atoms with van der Waals surface area (Å²) in [5.41, 5.74) is 2.37. The summed E-state index contributed by atoms with van der Waals surface area (Å²) < 4.78 is 7.63. The van der Waals surface area contributed by atoms with Gasteiger partial charge in [-0.05, 0) is 19.3 Å². The first-order chi connectivity index (χ1) is 11.6. The summed E-state index contributed by atoms with van der Waals surface area (Å²) in [7, 11) is 7.69. The molecule has 1 N–H and O–H groups in total. The summed E-state index contributed by atoms with van der Waals surface area (Å²) in [5.74, 6) is 1.32. The number of methoxy groups -OCH3 is 1. The van der Waals surface area contributed by atoms with Crippen LogP contribution in [0, 0.1) is 5.41 Å². The molecule has 1 aliphatic carbocycles. The van der Waals surface area contributed by atoms with Crippen molar-refractivity contribution in [3.05, 3.63) is 17.5 Å². The standard InChI is InChI=1S/C19H35N5O/c1-13(2)16-14(12-24(8)22-16)11-23(7)17(20-6)21-15-10-19(5,25-9)18(15,3)4/h12-13,15H,10-11H2,1-9H3,(H,20,21). The molecule has 6 heteroatoms. The molecule has 0 aliphatic heterocycles. The van der Waals surface area contributed by atoms with E-state index in [1.165, 1.54) is 5.56 Å². The predicted molar refractivity (Wildman–Crippen MR) is 103 cm³/mol. The molecule has 25 heavy (non-hydrogen) atoms. The fourth-order valence-corrected chi connectivity index (χ4v) is 3.72. The van der Waals surface area contributed by atoms with Crippen LogP contribution in [-0.2, 0) is 18.3 Å². The number of aliphatic imine (C=N–C) groups is 1. The number of aromatic nitrogens is 2. The molecule has 1 saturated carbocycles. The van der Waals surface area contributed by atoms with E-state index < -0.39 is 0 Å². The Bertz CT molecular complexity index is 634. The topological polar surface area (TPSA) is 54.7 Å². The number of hydrogen-bond donors (Lipinski definition) is 1. The van der Waals surface area contributed by atoms with E-state index in [1.807, 2.05) is 18.8 Å². The van der Waals surface area contributed by atoms with E-state index in [-0.39, 0.29) is 11.0 Å². The Morgan fingerprint density at radius 3 is 2.60 bits per heavy atom. The van der Waals surface area contributed by atoms with Crippen LogP contribution in [0.3, 0.4) is 0 Å². The van der Waals surface area contributed by atoms with Crippen molar-refractivity contribution in [2.75, 3.05) is 21.2 Å². The van der Waals surface area contributed by atoms with Crippen molar-refractivity contribution in [2.45, 2.75) is 65.1 Å². The second-order valence-corrected chi connectivity index (χ2v) is 8.33. The maximum atomic E-state index is 5.73.